The molecule has 3 unspecified atom stereocenters. The average Bonchev–Trinajstić information content (AvgIpc) is 3.55. The Labute approximate surface area is 235 Å². The third-order valence-electron chi connectivity index (χ3n) is 9.03. The number of hydrogen-bond acceptors (Lipinski definition) is 7. The van der Waals surface area contributed by atoms with E-state index in [4.69, 9.17) is 4.74 Å². The average molecular weight is 559 g/mol. The van der Waals surface area contributed by atoms with E-state index in [2.05, 4.69) is 22.5 Å². The van der Waals surface area contributed by atoms with Crippen LogP contribution in [0.3, 0.4) is 0 Å². The second-order valence-corrected chi connectivity index (χ2v) is 12.9. The van der Waals surface area contributed by atoms with Gasteiger partial charge < -0.3 is 25.4 Å². The predicted molar refractivity (Wildman–Crippen MR) is 150 cm³/mol. The second kappa shape index (κ2) is 12.2. The number of amides is 3. The molecule has 7 atom stereocenters. The number of likely N-dealkylation sites (tertiary alicyclic amines) is 1. The number of rotatable bonds is 11. The molecule has 214 valence electrons. The Kier molecular flexibility index (Phi) is 8.85. The Hall–Kier alpha value is -2.14. The first-order valence-electron chi connectivity index (χ1n) is 14.4. The van der Waals surface area contributed by atoms with Crippen molar-refractivity contribution in [1.82, 2.24) is 20.4 Å². The van der Waals surface area contributed by atoms with Crippen LogP contribution in [0.25, 0.3) is 0 Å². The van der Waals surface area contributed by atoms with E-state index in [1.165, 1.54) is 0 Å². The number of aliphatic hydroxyl groups excluding tert-OH is 1. The minimum absolute atomic E-state index is 0.0123. The van der Waals surface area contributed by atoms with Crippen molar-refractivity contribution in [3.8, 4) is 0 Å². The van der Waals surface area contributed by atoms with Crippen molar-refractivity contribution in [2.24, 2.45) is 17.8 Å². The van der Waals surface area contributed by atoms with Gasteiger partial charge in [0.05, 0.1) is 42.4 Å². The summed E-state index contributed by atoms with van der Waals surface area (Å²) in [6.45, 7) is 8.69. The standard InChI is InChI=1S/C29H42N4O5S/c1-3-9-30-26(35)23-22-16-19(2)29(39-22)24(23)28(37)33(21(18-34)17-20-7-5-4-6-8-20)25(29)27(36)31-10-11-32-12-14-38-15-13-32/h4-8,19,21-25,34H,3,9-18H2,1-2H3,(H,30,35)(H,31,36)/t19?,21-,22-,23+,24+,25?,29?/m1/s1. The quantitative estimate of drug-likeness (QED) is 0.370. The lowest BCUT2D eigenvalue weighted by molar-refractivity contribution is -0.142. The molecule has 1 aromatic carbocycles. The van der Waals surface area contributed by atoms with Gasteiger partial charge in [-0.1, -0.05) is 44.2 Å². The highest BCUT2D eigenvalue weighted by Gasteiger charge is 2.76. The molecule has 4 fully saturated rings. The van der Waals surface area contributed by atoms with Gasteiger partial charge in [0, 0.05) is 38.0 Å². The Morgan fingerprint density at radius 2 is 1.87 bits per heavy atom. The van der Waals surface area contributed by atoms with Crippen LogP contribution in [0.15, 0.2) is 30.3 Å². The highest BCUT2D eigenvalue weighted by atomic mass is 32.2. The summed E-state index contributed by atoms with van der Waals surface area (Å²) in [4.78, 5) is 45.8. The smallest absolute Gasteiger partial charge is 0.244 e. The monoisotopic (exact) mass is 558 g/mol. The van der Waals surface area contributed by atoms with Crippen LogP contribution in [0.4, 0.5) is 0 Å². The maximum Gasteiger partial charge on any atom is 0.244 e. The van der Waals surface area contributed by atoms with Crippen LogP contribution in [-0.4, -0.2) is 107 Å². The molecule has 1 spiro atoms. The molecule has 4 saturated heterocycles. The van der Waals surface area contributed by atoms with Crippen molar-refractivity contribution in [2.45, 2.75) is 55.2 Å². The maximum absolute atomic E-state index is 14.4. The largest absolute Gasteiger partial charge is 0.394 e. The zero-order valence-electron chi connectivity index (χ0n) is 23.0. The topological polar surface area (TPSA) is 111 Å². The first-order chi connectivity index (χ1) is 18.9. The summed E-state index contributed by atoms with van der Waals surface area (Å²) in [7, 11) is 0. The fraction of sp³-hybridized carbons (Fsp3) is 0.690. The number of hydrogen-bond donors (Lipinski definition) is 3. The number of aliphatic hydroxyl groups is 1. The molecule has 4 heterocycles. The number of nitrogens with one attached hydrogen (secondary N) is 2. The van der Waals surface area contributed by atoms with Crippen molar-refractivity contribution in [2.75, 3.05) is 52.5 Å². The molecule has 0 radical (unpaired) electrons. The molecule has 0 aromatic heterocycles. The summed E-state index contributed by atoms with van der Waals surface area (Å²) in [6, 6.07) is 8.46. The van der Waals surface area contributed by atoms with E-state index >= 15 is 0 Å². The molecule has 3 N–H and O–H groups in total. The Balaban J connectivity index is 1.44. The van der Waals surface area contributed by atoms with Crippen LogP contribution >= 0.6 is 11.8 Å². The maximum atomic E-state index is 14.4. The van der Waals surface area contributed by atoms with E-state index in [1.54, 1.807) is 16.7 Å². The molecule has 39 heavy (non-hydrogen) atoms. The van der Waals surface area contributed by atoms with Gasteiger partial charge in [-0.05, 0) is 30.7 Å². The third-order valence-corrected chi connectivity index (χ3v) is 11.1. The first kappa shape index (κ1) is 28.4. The van der Waals surface area contributed by atoms with Crippen molar-refractivity contribution >= 4 is 29.5 Å². The highest BCUT2D eigenvalue weighted by Crippen LogP contribution is 2.68. The SMILES string of the molecule is CCCNC(=O)[C@@H]1[C@H]2C(=O)N([C@@H](CO)Cc3ccccc3)C(C(=O)NCCN3CCOCC3)C23S[C@@H]1CC3C. The zero-order chi connectivity index (χ0) is 27.6. The molecule has 1 aromatic rings. The normalized spacial score (nSPS) is 32.7. The number of ether oxygens (including phenoxy) is 1. The lowest BCUT2D eigenvalue weighted by Crippen LogP contribution is -2.59. The van der Waals surface area contributed by atoms with Gasteiger partial charge >= 0.3 is 0 Å². The first-order valence-corrected chi connectivity index (χ1v) is 15.3. The lowest BCUT2D eigenvalue weighted by atomic mass is 9.66. The molecule has 0 saturated carbocycles. The minimum atomic E-state index is -0.741. The van der Waals surface area contributed by atoms with Crippen LogP contribution in [0.1, 0.15) is 32.3 Å². The molecule has 9 nitrogen and oxygen atoms in total. The molecule has 4 aliphatic rings. The summed E-state index contributed by atoms with van der Waals surface area (Å²) < 4.78 is 4.74. The van der Waals surface area contributed by atoms with Gasteiger partial charge in [0.15, 0.2) is 0 Å². The lowest BCUT2D eigenvalue weighted by Gasteiger charge is -2.40. The molecule has 3 amide bonds. The molecule has 4 aliphatic heterocycles. The Bertz CT molecular complexity index is 1040. The van der Waals surface area contributed by atoms with Crippen molar-refractivity contribution in [1.29, 1.82) is 0 Å². The fourth-order valence-corrected chi connectivity index (χ4v) is 9.62. The molecular weight excluding hydrogens is 516 g/mol. The van der Waals surface area contributed by atoms with Crippen molar-refractivity contribution in [3.63, 3.8) is 0 Å². The third kappa shape index (κ3) is 5.21. The van der Waals surface area contributed by atoms with Crippen molar-refractivity contribution < 1.29 is 24.2 Å². The van der Waals surface area contributed by atoms with E-state index < -0.39 is 28.7 Å². The van der Waals surface area contributed by atoms with E-state index in [-0.39, 0.29) is 35.5 Å². The van der Waals surface area contributed by atoms with Gasteiger partial charge in [-0.15, -0.1) is 11.8 Å². The number of thioether (sulfide) groups is 1. The second-order valence-electron chi connectivity index (χ2n) is 11.4. The van der Waals surface area contributed by atoms with Crippen LogP contribution < -0.4 is 10.6 Å². The van der Waals surface area contributed by atoms with Gasteiger partial charge in [-0.2, -0.15) is 0 Å². The minimum Gasteiger partial charge on any atom is -0.394 e. The van der Waals surface area contributed by atoms with Gasteiger partial charge in [0.25, 0.3) is 0 Å². The number of nitrogens with zero attached hydrogens (tertiary/aromatic N) is 2. The molecule has 5 rings (SSSR count). The number of carbonyl (C=O) groups is 3. The van der Waals surface area contributed by atoms with Gasteiger partial charge in [0.2, 0.25) is 17.7 Å². The Morgan fingerprint density at radius 1 is 1.15 bits per heavy atom. The van der Waals surface area contributed by atoms with E-state index in [0.717, 1.165) is 31.5 Å². The fourth-order valence-electron chi connectivity index (χ4n) is 7.21. The molecule has 10 heteroatoms. The van der Waals surface area contributed by atoms with E-state index in [9.17, 15) is 19.5 Å². The summed E-state index contributed by atoms with van der Waals surface area (Å²) in [5, 5.41) is 16.8. The molecule has 0 aliphatic carbocycles. The highest BCUT2D eigenvalue weighted by molar-refractivity contribution is 8.02. The van der Waals surface area contributed by atoms with Crippen LogP contribution in [0.2, 0.25) is 0 Å². The number of benzene rings is 1. The summed E-state index contributed by atoms with van der Waals surface area (Å²) in [5.41, 5.74) is 0.993. The zero-order valence-corrected chi connectivity index (χ0v) is 23.8. The van der Waals surface area contributed by atoms with Crippen molar-refractivity contribution in [3.05, 3.63) is 35.9 Å². The summed E-state index contributed by atoms with van der Waals surface area (Å²) in [5.74, 6) is -1.38. The summed E-state index contributed by atoms with van der Waals surface area (Å²) >= 11 is 1.67. The molecule has 2 bridgehead atoms. The van der Waals surface area contributed by atoms with Crippen LogP contribution in [-0.2, 0) is 25.5 Å². The van der Waals surface area contributed by atoms with E-state index in [1.807, 2.05) is 37.3 Å². The van der Waals surface area contributed by atoms with Gasteiger partial charge in [-0.3, -0.25) is 19.3 Å². The number of carbonyl (C=O) groups excluding carboxylic acids is 3. The summed E-state index contributed by atoms with van der Waals surface area (Å²) in [6.07, 6.45) is 2.06. The Morgan fingerprint density at radius 3 is 2.56 bits per heavy atom. The van der Waals surface area contributed by atoms with E-state index in [0.29, 0.717) is 39.3 Å². The van der Waals surface area contributed by atoms with Crippen LogP contribution in [0, 0.1) is 17.8 Å². The van der Waals surface area contributed by atoms with Gasteiger partial charge in [-0.25, -0.2) is 0 Å². The van der Waals surface area contributed by atoms with Crippen LogP contribution in [0.5, 0.6) is 0 Å². The predicted octanol–water partition coefficient (Wildman–Crippen LogP) is 0.902. The number of fused-ring (bicyclic) bond motifs is 1. The molecular formula is C29H42N4O5S. The van der Waals surface area contributed by atoms with Gasteiger partial charge in [0.1, 0.15) is 6.04 Å². The number of morpholine rings is 1.